The number of aliphatic hydroxyl groups is 1. The number of nitrogens with zero attached hydrogens (tertiary/aromatic N) is 4. The molecule has 0 bridgehead atoms. The molecule has 1 amide bonds. The summed E-state index contributed by atoms with van der Waals surface area (Å²) in [6.07, 6.45) is 5.79. The summed E-state index contributed by atoms with van der Waals surface area (Å²) >= 11 is 0. The molecule has 1 saturated carbocycles. The van der Waals surface area contributed by atoms with E-state index in [1.807, 2.05) is 24.3 Å². The van der Waals surface area contributed by atoms with Crippen molar-refractivity contribution in [2.75, 3.05) is 6.61 Å². The smallest absolute Gasteiger partial charge is 0.224 e. The van der Waals surface area contributed by atoms with Crippen LogP contribution >= 0.6 is 0 Å². The number of carbonyl (C=O) groups is 1. The number of nitrogens with one attached hydrogen (secondary N) is 1. The van der Waals surface area contributed by atoms with Gasteiger partial charge < -0.3 is 10.4 Å². The summed E-state index contributed by atoms with van der Waals surface area (Å²) in [5, 5.41) is 23.3. The molecule has 122 valence electrons. The molecular formula is C16H21N5O2. The number of tetrazole rings is 1. The number of hydrogen-bond acceptors (Lipinski definition) is 5. The Bertz CT molecular complexity index is 618. The lowest BCUT2D eigenvalue weighted by molar-refractivity contribution is -0.121. The van der Waals surface area contributed by atoms with E-state index in [4.69, 9.17) is 5.11 Å². The predicted octanol–water partition coefficient (Wildman–Crippen LogP) is 0.872. The zero-order valence-electron chi connectivity index (χ0n) is 12.9. The number of amides is 1. The topological polar surface area (TPSA) is 92.9 Å². The molecule has 1 aromatic carbocycles. The second-order valence-electron chi connectivity index (χ2n) is 6.07. The van der Waals surface area contributed by atoms with Gasteiger partial charge in [-0.1, -0.05) is 12.1 Å². The van der Waals surface area contributed by atoms with Crippen molar-refractivity contribution in [1.29, 1.82) is 0 Å². The number of rotatable bonds is 5. The Morgan fingerprint density at radius 3 is 2.57 bits per heavy atom. The fraction of sp³-hybridized carbons (Fsp3) is 0.500. The second kappa shape index (κ2) is 7.32. The molecule has 3 rings (SSSR count). The van der Waals surface area contributed by atoms with Crippen LogP contribution in [0.3, 0.4) is 0 Å². The van der Waals surface area contributed by atoms with E-state index in [1.54, 1.807) is 4.68 Å². The van der Waals surface area contributed by atoms with Crippen molar-refractivity contribution in [2.24, 2.45) is 5.92 Å². The van der Waals surface area contributed by atoms with Crippen molar-refractivity contribution in [1.82, 2.24) is 25.5 Å². The molecular weight excluding hydrogens is 294 g/mol. The highest BCUT2D eigenvalue weighted by molar-refractivity contribution is 5.78. The standard InChI is InChI=1S/C16H21N5O2/c22-10-13-1-5-14(6-2-13)18-16(23)9-12-3-7-15(8-4-12)21-11-17-19-20-21/h3-4,7-8,11,13-14,22H,1-2,5-6,9-10H2,(H,18,23). The van der Waals surface area contributed by atoms with Crippen LogP contribution in [0, 0.1) is 5.92 Å². The van der Waals surface area contributed by atoms with Crippen LogP contribution in [0.5, 0.6) is 0 Å². The number of aromatic nitrogens is 4. The molecule has 0 aliphatic heterocycles. The largest absolute Gasteiger partial charge is 0.396 e. The molecule has 1 heterocycles. The third kappa shape index (κ3) is 4.13. The maximum atomic E-state index is 12.1. The highest BCUT2D eigenvalue weighted by Gasteiger charge is 2.21. The first-order valence-electron chi connectivity index (χ1n) is 7.97. The third-order valence-electron chi connectivity index (χ3n) is 4.38. The molecule has 1 aromatic heterocycles. The first-order chi connectivity index (χ1) is 11.2. The van der Waals surface area contributed by atoms with E-state index in [-0.39, 0.29) is 18.6 Å². The van der Waals surface area contributed by atoms with Crippen LogP contribution < -0.4 is 5.32 Å². The molecule has 0 saturated heterocycles. The van der Waals surface area contributed by atoms with Gasteiger partial charge in [0, 0.05) is 12.6 Å². The Labute approximate surface area is 134 Å². The molecule has 23 heavy (non-hydrogen) atoms. The first-order valence-corrected chi connectivity index (χ1v) is 7.97. The molecule has 1 aliphatic rings. The van der Waals surface area contributed by atoms with Gasteiger partial charge in [0.25, 0.3) is 0 Å². The monoisotopic (exact) mass is 315 g/mol. The molecule has 0 radical (unpaired) electrons. The third-order valence-corrected chi connectivity index (χ3v) is 4.38. The van der Waals surface area contributed by atoms with Gasteiger partial charge in [0.05, 0.1) is 12.1 Å². The summed E-state index contributed by atoms with van der Waals surface area (Å²) in [7, 11) is 0. The lowest BCUT2D eigenvalue weighted by atomic mass is 9.86. The Hall–Kier alpha value is -2.28. The molecule has 7 heteroatoms. The molecule has 0 spiro atoms. The Balaban J connectivity index is 1.50. The van der Waals surface area contributed by atoms with Crippen molar-refractivity contribution in [2.45, 2.75) is 38.1 Å². The molecule has 0 unspecified atom stereocenters. The fourth-order valence-electron chi connectivity index (χ4n) is 3.00. The minimum absolute atomic E-state index is 0.0487. The minimum atomic E-state index is 0.0487. The van der Waals surface area contributed by atoms with Crippen LogP contribution in [0.25, 0.3) is 5.69 Å². The van der Waals surface area contributed by atoms with Crippen molar-refractivity contribution >= 4 is 5.91 Å². The number of benzene rings is 1. The van der Waals surface area contributed by atoms with Gasteiger partial charge in [-0.05, 0) is 59.7 Å². The van der Waals surface area contributed by atoms with Crippen molar-refractivity contribution < 1.29 is 9.90 Å². The summed E-state index contributed by atoms with van der Waals surface area (Å²) < 4.78 is 1.57. The van der Waals surface area contributed by atoms with E-state index in [9.17, 15) is 4.79 Å². The van der Waals surface area contributed by atoms with Crippen LogP contribution in [0.15, 0.2) is 30.6 Å². The molecule has 0 atom stereocenters. The quantitative estimate of drug-likeness (QED) is 0.854. The van der Waals surface area contributed by atoms with E-state index >= 15 is 0 Å². The van der Waals surface area contributed by atoms with Crippen molar-refractivity contribution in [3.63, 3.8) is 0 Å². The van der Waals surface area contributed by atoms with Gasteiger partial charge in [0.2, 0.25) is 5.91 Å². The number of carbonyl (C=O) groups excluding carboxylic acids is 1. The molecule has 1 aliphatic carbocycles. The molecule has 1 fully saturated rings. The van der Waals surface area contributed by atoms with E-state index in [2.05, 4.69) is 20.8 Å². The lowest BCUT2D eigenvalue weighted by Crippen LogP contribution is -2.38. The van der Waals surface area contributed by atoms with E-state index in [0.29, 0.717) is 12.3 Å². The van der Waals surface area contributed by atoms with Crippen LogP contribution in [-0.2, 0) is 11.2 Å². The summed E-state index contributed by atoms with van der Waals surface area (Å²) in [4.78, 5) is 12.1. The van der Waals surface area contributed by atoms with Crippen molar-refractivity contribution in [3.05, 3.63) is 36.2 Å². The number of aliphatic hydroxyl groups excluding tert-OH is 1. The Morgan fingerprint density at radius 1 is 1.22 bits per heavy atom. The zero-order chi connectivity index (χ0) is 16.1. The van der Waals surface area contributed by atoms with Crippen LogP contribution in [0.1, 0.15) is 31.2 Å². The van der Waals surface area contributed by atoms with E-state index in [0.717, 1.165) is 36.9 Å². The maximum Gasteiger partial charge on any atom is 0.224 e. The second-order valence-corrected chi connectivity index (χ2v) is 6.07. The van der Waals surface area contributed by atoms with E-state index in [1.165, 1.54) is 6.33 Å². The van der Waals surface area contributed by atoms with Crippen LogP contribution in [-0.4, -0.2) is 43.9 Å². The summed E-state index contributed by atoms with van der Waals surface area (Å²) in [5.74, 6) is 0.453. The highest BCUT2D eigenvalue weighted by Crippen LogP contribution is 2.23. The normalized spacial score (nSPS) is 21.1. The van der Waals surface area contributed by atoms with Gasteiger partial charge in [-0.25, -0.2) is 4.68 Å². The van der Waals surface area contributed by atoms with Gasteiger partial charge in [-0.2, -0.15) is 0 Å². The van der Waals surface area contributed by atoms with Crippen LogP contribution in [0.4, 0.5) is 0 Å². The maximum absolute atomic E-state index is 12.1. The first kappa shape index (κ1) is 15.6. The van der Waals surface area contributed by atoms with Crippen LogP contribution in [0.2, 0.25) is 0 Å². The minimum Gasteiger partial charge on any atom is -0.396 e. The van der Waals surface area contributed by atoms with Gasteiger partial charge in [0.1, 0.15) is 6.33 Å². The Kier molecular flexibility index (Phi) is 4.97. The number of hydrogen-bond donors (Lipinski definition) is 2. The predicted molar refractivity (Wildman–Crippen MR) is 83.8 cm³/mol. The molecule has 2 aromatic rings. The van der Waals surface area contributed by atoms with Gasteiger partial charge in [-0.15, -0.1) is 5.10 Å². The molecule has 2 N–H and O–H groups in total. The van der Waals surface area contributed by atoms with Gasteiger partial charge in [-0.3, -0.25) is 4.79 Å². The summed E-state index contributed by atoms with van der Waals surface area (Å²) in [6, 6.07) is 7.86. The lowest BCUT2D eigenvalue weighted by Gasteiger charge is -2.28. The van der Waals surface area contributed by atoms with Gasteiger partial charge >= 0.3 is 0 Å². The zero-order valence-corrected chi connectivity index (χ0v) is 12.9. The summed E-state index contributed by atoms with van der Waals surface area (Å²) in [5.41, 5.74) is 1.82. The average molecular weight is 315 g/mol. The van der Waals surface area contributed by atoms with Gasteiger partial charge in [0.15, 0.2) is 0 Å². The highest BCUT2D eigenvalue weighted by atomic mass is 16.3. The Morgan fingerprint density at radius 2 is 1.96 bits per heavy atom. The SMILES string of the molecule is O=C(Cc1ccc(-n2cnnn2)cc1)NC1CCC(CO)CC1. The van der Waals surface area contributed by atoms with Crippen molar-refractivity contribution in [3.8, 4) is 5.69 Å². The van der Waals surface area contributed by atoms with E-state index < -0.39 is 0 Å². The average Bonchev–Trinajstić information content (AvgIpc) is 3.11. The fourth-order valence-corrected chi connectivity index (χ4v) is 3.00. The molecule has 7 nitrogen and oxygen atoms in total. The summed E-state index contributed by atoms with van der Waals surface area (Å²) in [6.45, 7) is 0.258.